The Morgan fingerprint density at radius 1 is 1.08 bits per heavy atom. The van der Waals surface area contributed by atoms with E-state index in [1.165, 1.54) is 0 Å². The second kappa shape index (κ2) is 7.28. The first-order valence-electron chi connectivity index (χ1n) is 8.90. The minimum atomic E-state index is 0.0217. The maximum atomic E-state index is 12.3. The third-order valence-electron chi connectivity index (χ3n) is 4.78. The van der Waals surface area contributed by atoms with Crippen LogP contribution in [0.25, 0.3) is 0 Å². The van der Waals surface area contributed by atoms with Gasteiger partial charge in [0.1, 0.15) is 5.82 Å². The van der Waals surface area contributed by atoms with Gasteiger partial charge in [0.25, 0.3) is 0 Å². The van der Waals surface area contributed by atoms with E-state index in [0.29, 0.717) is 32.0 Å². The summed E-state index contributed by atoms with van der Waals surface area (Å²) >= 11 is 0. The molecule has 0 unspecified atom stereocenters. The largest absolute Gasteiger partial charge is 0.355 e. The molecule has 1 N–H and O–H groups in total. The van der Waals surface area contributed by atoms with Crippen LogP contribution in [0.5, 0.6) is 0 Å². The van der Waals surface area contributed by atoms with Gasteiger partial charge < -0.3 is 10.2 Å². The predicted octanol–water partition coefficient (Wildman–Crippen LogP) is 1.40. The number of nitrogens with one attached hydrogen (secondary N) is 1. The Hall–Kier alpha value is -1.98. The number of hydrogen-bond acceptors (Lipinski definition) is 4. The topological polar surface area (TPSA) is 75.2 Å². The number of piperidine rings is 1. The summed E-state index contributed by atoms with van der Waals surface area (Å²) in [5.74, 6) is 1.46. The molecule has 6 heteroatoms. The third-order valence-corrected chi connectivity index (χ3v) is 4.78. The third kappa shape index (κ3) is 4.30. The fraction of sp³-hybridized carbons (Fsp3) is 0.667. The summed E-state index contributed by atoms with van der Waals surface area (Å²) in [5.41, 5.74) is 1.91. The number of aromatic nitrogens is 2. The van der Waals surface area contributed by atoms with Crippen molar-refractivity contribution in [3.8, 4) is 0 Å². The Balaban J connectivity index is 1.40. The summed E-state index contributed by atoms with van der Waals surface area (Å²) in [5, 5.41) is 3.00. The highest BCUT2D eigenvalue weighted by Crippen LogP contribution is 2.32. The van der Waals surface area contributed by atoms with Gasteiger partial charge >= 0.3 is 0 Å². The van der Waals surface area contributed by atoms with Crippen molar-refractivity contribution in [3.63, 3.8) is 0 Å². The van der Waals surface area contributed by atoms with E-state index >= 15 is 0 Å². The Morgan fingerprint density at radius 3 is 2.29 bits per heavy atom. The van der Waals surface area contributed by atoms with E-state index in [0.717, 1.165) is 42.9 Å². The zero-order valence-electron chi connectivity index (χ0n) is 14.5. The summed E-state index contributed by atoms with van der Waals surface area (Å²) in [6, 6.07) is 1.94. The van der Waals surface area contributed by atoms with Crippen LogP contribution >= 0.6 is 0 Å². The van der Waals surface area contributed by atoms with Gasteiger partial charge in [-0.25, -0.2) is 9.97 Å². The number of carbonyl (C=O) groups is 2. The fourth-order valence-corrected chi connectivity index (χ4v) is 3.30. The van der Waals surface area contributed by atoms with E-state index in [1.54, 1.807) is 0 Å². The summed E-state index contributed by atoms with van der Waals surface area (Å²) in [7, 11) is 0. The minimum Gasteiger partial charge on any atom is -0.355 e. The van der Waals surface area contributed by atoms with Crippen molar-refractivity contribution in [2.24, 2.45) is 11.8 Å². The average molecular weight is 330 g/mol. The van der Waals surface area contributed by atoms with E-state index < -0.39 is 0 Å². The Labute approximate surface area is 143 Å². The van der Waals surface area contributed by atoms with Crippen molar-refractivity contribution in [1.82, 2.24) is 20.2 Å². The lowest BCUT2D eigenvalue weighted by Crippen LogP contribution is -2.43. The first-order chi connectivity index (χ1) is 11.5. The molecule has 2 amide bonds. The van der Waals surface area contributed by atoms with Crippen LogP contribution in [0.3, 0.4) is 0 Å². The number of rotatable bonds is 5. The highest BCUT2D eigenvalue weighted by molar-refractivity contribution is 5.82. The molecule has 24 heavy (non-hydrogen) atoms. The Morgan fingerprint density at radius 2 is 1.71 bits per heavy atom. The molecule has 6 nitrogen and oxygen atoms in total. The number of nitrogens with zero attached hydrogens (tertiary/aromatic N) is 3. The molecule has 0 spiro atoms. The van der Waals surface area contributed by atoms with Gasteiger partial charge in [-0.1, -0.05) is 0 Å². The Bertz CT molecular complexity index is 599. The molecule has 1 saturated heterocycles. The van der Waals surface area contributed by atoms with Crippen molar-refractivity contribution in [2.45, 2.75) is 46.0 Å². The van der Waals surface area contributed by atoms with Gasteiger partial charge in [0.2, 0.25) is 11.8 Å². The number of hydrogen-bond donors (Lipinski definition) is 1. The standard InChI is InChI=1S/C18H26N4O2/c1-12-11-13(2)21-16(20-12)5-8-19-17(23)14-6-9-22(10-7-14)18(24)15-3-4-15/h11,14-15H,3-10H2,1-2H3,(H,19,23). The molecule has 1 aliphatic carbocycles. The molecule has 0 bridgehead atoms. The first-order valence-corrected chi connectivity index (χ1v) is 8.90. The zero-order valence-corrected chi connectivity index (χ0v) is 14.5. The van der Waals surface area contributed by atoms with E-state index in [4.69, 9.17) is 0 Å². The second-order valence-electron chi connectivity index (χ2n) is 6.98. The van der Waals surface area contributed by atoms with Crippen molar-refractivity contribution in [1.29, 1.82) is 0 Å². The molecule has 1 aliphatic heterocycles. The lowest BCUT2D eigenvalue weighted by atomic mass is 9.95. The molecule has 3 rings (SSSR count). The molecule has 1 aromatic heterocycles. The quantitative estimate of drug-likeness (QED) is 0.885. The van der Waals surface area contributed by atoms with Crippen molar-refractivity contribution in [3.05, 3.63) is 23.3 Å². The molecule has 2 heterocycles. The van der Waals surface area contributed by atoms with Crippen LogP contribution in [0.4, 0.5) is 0 Å². The summed E-state index contributed by atoms with van der Waals surface area (Å²) in [4.78, 5) is 35.0. The van der Waals surface area contributed by atoms with Gasteiger partial charge in [-0.2, -0.15) is 0 Å². The molecule has 0 radical (unpaired) electrons. The van der Waals surface area contributed by atoms with Gasteiger partial charge in [0, 0.05) is 49.3 Å². The van der Waals surface area contributed by atoms with Crippen molar-refractivity contribution >= 4 is 11.8 Å². The summed E-state index contributed by atoms with van der Waals surface area (Å²) in [6.45, 7) is 5.89. The van der Waals surface area contributed by atoms with Crippen LogP contribution in [0.15, 0.2) is 6.07 Å². The molecular weight excluding hydrogens is 304 g/mol. The SMILES string of the molecule is Cc1cc(C)nc(CCNC(=O)C2CCN(C(=O)C3CC3)CC2)n1. The number of aryl methyl sites for hydroxylation is 2. The second-order valence-corrected chi connectivity index (χ2v) is 6.98. The number of amides is 2. The lowest BCUT2D eigenvalue weighted by molar-refractivity contribution is -0.136. The van der Waals surface area contributed by atoms with Crippen LogP contribution in [0.2, 0.25) is 0 Å². The molecule has 1 saturated carbocycles. The summed E-state index contributed by atoms with van der Waals surface area (Å²) in [6.07, 6.45) is 4.27. The maximum Gasteiger partial charge on any atom is 0.225 e. The minimum absolute atomic E-state index is 0.0217. The molecule has 130 valence electrons. The summed E-state index contributed by atoms with van der Waals surface area (Å²) < 4.78 is 0. The molecule has 0 aromatic carbocycles. The first kappa shape index (κ1) is 16.9. The van der Waals surface area contributed by atoms with E-state index in [9.17, 15) is 9.59 Å². The van der Waals surface area contributed by atoms with Crippen LogP contribution in [0.1, 0.15) is 42.9 Å². The van der Waals surface area contributed by atoms with Crippen molar-refractivity contribution in [2.75, 3.05) is 19.6 Å². The highest BCUT2D eigenvalue weighted by atomic mass is 16.2. The van der Waals surface area contributed by atoms with Gasteiger partial charge in [0.15, 0.2) is 0 Å². The zero-order chi connectivity index (χ0) is 17.1. The van der Waals surface area contributed by atoms with Crippen LogP contribution in [-0.2, 0) is 16.0 Å². The van der Waals surface area contributed by atoms with Gasteiger partial charge in [-0.05, 0) is 45.6 Å². The molecule has 0 atom stereocenters. The highest BCUT2D eigenvalue weighted by Gasteiger charge is 2.35. The Kier molecular flexibility index (Phi) is 5.11. The predicted molar refractivity (Wildman–Crippen MR) is 90.2 cm³/mol. The van der Waals surface area contributed by atoms with E-state index in [-0.39, 0.29) is 17.7 Å². The van der Waals surface area contributed by atoms with Gasteiger partial charge in [0.05, 0.1) is 0 Å². The normalized spacial score (nSPS) is 18.5. The number of carbonyl (C=O) groups excluding carboxylic acids is 2. The van der Waals surface area contributed by atoms with E-state index in [1.807, 2.05) is 24.8 Å². The van der Waals surface area contributed by atoms with Crippen LogP contribution in [0, 0.1) is 25.7 Å². The van der Waals surface area contributed by atoms with E-state index in [2.05, 4.69) is 15.3 Å². The van der Waals surface area contributed by atoms with Gasteiger partial charge in [-0.15, -0.1) is 0 Å². The molecule has 2 aliphatic rings. The molecular formula is C18H26N4O2. The molecule has 2 fully saturated rings. The fourth-order valence-electron chi connectivity index (χ4n) is 3.30. The maximum absolute atomic E-state index is 12.3. The number of likely N-dealkylation sites (tertiary alicyclic amines) is 1. The monoisotopic (exact) mass is 330 g/mol. The van der Waals surface area contributed by atoms with Crippen LogP contribution < -0.4 is 5.32 Å². The average Bonchev–Trinajstić information content (AvgIpc) is 3.38. The smallest absolute Gasteiger partial charge is 0.225 e. The van der Waals surface area contributed by atoms with Gasteiger partial charge in [-0.3, -0.25) is 9.59 Å². The molecule has 1 aromatic rings. The van der Waals surface area contributed by atoms with Crippen molar-refractivity contribution < 1.29 is 9.59 Å². The lowest BCUT2D eigenvalue weighted by Gasteiger charge is -2.31. The van der Waals surface area contributed by atoms with Crippen LogP contribution in [-0.4, -0.2) is 46.3 Å².